The molecule has 1 saturated heterocycles. The molecule has 1 fully saturated rings. The van der Waals surface area contributed by atoms with Crippen molar-refractivity contribution in [2.75, 3.05) is 6.61 Å². The summed E-state index contributed by atoms with van der Waals surface area (Å²) in [5.74, 6) is -0.0391. The summed E-state index contributed by atoms with van der Waals surface area (Å²) in [4.78, 5) is 28.0. The molecule has 8 heteroatoms. The molecular weight excluding hydrogens is 392 g/mol. The number of aliphatic carboxylic acids is 1. The first kappa shape index (κ1) is 20.5. The second-order valence-electron chi connectivity index (χ2n) is 6.08. The van der Waals surface area contributed by atoms with E-state index in [1.54, 1.807) is 30.3 Å². The Hall–Kier alpha value is -3.26. The number of amidine groups is 1. The lowest BCUT2D eigenvalue weighted by atomic mass is 10.2. The van der Waals surface area contributed by atoms with Crippen molar-refractivity contribution in [1.29, 1.82) is 0 Å². The summed E-state index contributed by atoms with van der Waals surface area (Å²) in [6, 6.07) is 14.1. The number of amides is 1. The van der Waals surface area contributed by atoms with Crippen LogP contribution in [0.25, 0.3) is 6.08 Å². The number of nitrogens with zero attached hydrogens (tertiary/aromatic N) is 1. The van der Waals surface area contributed by atoms with E-state index < -0.39 is 12.1 Å². The predicted octanol–water partition coefficient (Wildman–Crippen LogP) is 3.83. The normalized spacial score (nSPS) is 17.2. The largest absolute Gasteiger partial charge is 0.494 e. The summed E-state index contributed by atoms with van der Waals surface area (Å²) in [6.45, 7) is 3.98. The van der Waals surface area contributed by atoms with E-state index in [-0.39, 0.29) is 5.91 Å². The lowest BCUT2D eigenvalue weighted by molar-refractivity contribution is -0.144. The van der Waals surface area contributed by atoms with Crippen molar-refractivity contribution in [1.82, 2.24) is 5.32 Å². The fourth-order valence-electron chi connectivity index (χ4n) is 2.43. The van der Waals surface area contributed by atoms with E-state index >= 15 is 0 Å². The van der Waals surface area contributed by atoms with Crippen LogP contribution < -0.4 is 14.8 Å². The SMILES string of the molecule is CCOc1ccc(N=C2NC(=O)C(=Cc3ccc(OC(C)C(=O)O)cc3)S2)cc1. The summed E-state index contributed by atoms with van der Waals surface area (Å²) in [6.07, 6.45) is 0.808. The van der Waals surface area contributed by atoms with E-state index in [0.29, 0.717) is 28.1 Å². The van der Waals surface area contributed by atoms with Gasteiger partial charge in [0.15, 0.2) is 11.3 Å². The summed E-state index contributed by atoms with van der Waals surface area (Å²) in [5, 5.41) is 12.1. The van der Waals surface area contributed by atoms with Crippen molar-refractivity contribution in [2.24, 2.45) is 4.99 Å². The molecular formula is C21H20N2O5S. The van der Waals surface area contributed by atoms with Gasteiger partial charge in [-0.15, -0.1) is 0 Å². The molecule has 0 saturated carbocycles. The topological polar surface area (TPSA) is 97.2 Å². The fourth-order valence-corrected chi connectivity index (χ4v) is 3.27. The minimum absolute atomic E-state index is 0.223. The maximum absolute atomic E-state index is 12.2. The second kappa shape index (κ2) is 9.29. The van der Waals surface area contributed by atoms with Crippen molar-refractivity contribution in [3.8, 4) is 11.5 Å². The standard InChI is InChI=1S/C21H20N2O5S/c1-3-27-16-10-6-15(7-11-16)22-21-23-19(24)18(29-21)12-14-4-8-17(9-5-14)28-13(2)20(25)26/h4-13H,3H2,1-2H3,(H,25,26)(H,22,23,24). The highest BCUT2D eigenvalue weighted by molar-refractivity contribution is 8.18. The molecule has 1 aliphatic heterocycles. The van der Waals surface area contributed by atoms with Crippen molar-refractivity contribution in [2.45, 2.75) is 20.0 Å². The minimum Gasteiger partial charge on any atom is -0.494 e. The zero-order chi connectivity index (χ0) is 20.8. The third-order valence-electron chi connectivity index (χ3n) is 3.87. The summed E-state index contributed by atoms with van der Waals surface area (Å²) in [7, 11) is 0. The molecule has 150 valence electrons. The van der Waals surface area contributed by atoms with Gasteiger partial charge in [-0.3, -0.25) is 4.79 Å². The number of ether oxygens (including phenoxy) is 2. The first-order valence-electron chi connectivity index (χ1n) is 8.96. The Balaban J connectivity index is 1.68. The molecule has 0 aromatic heterocycles. The van der Waals surface area contributed by atoms with Crippen LogP contribution in [0.1, 0.15) is 19.4 Å². The van der Waals surface area contributed by atoms with Crippen LogP contribution in [0.15, 0.2) is 58.4 Å². The Morgan fingerprint density at radius 1 is 1.17 bits per heavy atom. The van der Waals surface area contributed by atoms with Gasteiger partial charge in [-0.2, -0.15) is 0 Å². The zero-order valence-electron chi connectivity index (χ0n) is 15.9. The average molecular weight is 412 g/mol. The van der Waals surface area contributed by atoms with Crippen molar-refractivity contribution < 1.29 is 24.2 Å². The molecule has 2 N–H and O–H groups in total. The summed E-state index contributed by atoms with van der Waals surface area (Å²) in [5.41, 5.74) is 1.51. The van der Waals surface area contributed by atoms with Gasteiger partial charge in [0.05, 0.1) is 17.2 Å². The van der Waals surface area contributed by atoms with E-state index in [0.717, 1.165) is 11.3 Å². The molecule has 3 rings (SSSR count). The lowest BCUT2D eigenvalue weighted by Crippen LogP contribution is -2.22. The number of carboxylic acid groups (broad SMARTS) is 1. The zero-order valence-corrected chi connectivity index (χ0v) is 16.7. The van der Waals surface area contributed by atoms with E-state index in [9.17, 15) is 9.59 Å². The van der Waals surface area contributed by atoms with Crippen LogP contribution in [0.3, 0.4) is 0 Å². The smallest absolute Gasteiger partial charge is 0.344 e. The van der Waals surface area contributed by atoms with Gasteiger partial charge < -0.3 is 19.9 Å². The Morgan fingerprint density at radius 2 is 1.83 bits per heavy atom. The van der Waals surface area contributed by atoms with Crippen LogP contribution in [0, 0.1) is 0 Å². The monoisotopic (exact) mass is 412 g/mol. The number of nitrogens with one attached hydrogen (secondary N) is 1. The highest BCUT2D eigenvalue weighted by Gasteiger charge is 2.23. The molecule has 0 aliphatic carbocycles. The Morgan fingerprint density at radius 3 is 2.45 bits per heavy atom. The first-order chi connectivity index (χ1) is 13.9. The van der Waals surface area contributed by atoms with Crippen LogP contribution in [-0.4, -0.2) is 34.9 Å². The molecule has 0 radical (unpaired) electrons. The van der Waals surface area contributed by atoms with Crippen LogP contribution in [0.2, 0.25) is 0 Å². The number of benzene rings is 2. The van der Waals surface area contributed by atoms with Gasteiger partial charge in [0, 0.05) is 0 Å². The van der Waals surface area contributed by atoms with E-state index in [1.807, 2.05) is 31.2 Å². The molecule has 1 amide bonds. The molecule has 29 heavy (non-hydrogen) atoms. The predicted molar refractivity (Wildman–Crippen MR) is 113 cm³/mol. The number of thioether (sulfide) groups is 1. The van der Waals surface area contributed by atoms with Gasteiger partial charge in [0.2, 0.25) is 0 Å². The molecule has 7 nitrogen and oxygen atoms in total. The van der Waals surface area contributed by atoms with E-state index in [4.69, 9.17) is 14.6 Å². The van der Waals surface area contributed by atoms with Crippen LogP contribution in [-0.2, 0) is 9.59 Å². The maximum atomic E-state index is 12.2. The number of carboxylic acids is 1. The Kier molecular flexibility index (Phi) is 6.56. The number of aliphatic imine (C=N–C) groups is 1. The summed E-state index contributed by atoms with van der Waals surface area (Å²) < 4.78 is 10.7. The fraction of sp³-hybridized carbons (Fsp3) is 0.190. The lowest BCUT2D eigenvalue weighted by Gasteiger charge is -2.10. The molecule has 0 spiro atoms. The number of hydrogen-bond donors (Lipinski definition) is 2. The third-order valence-corrected chi connectivity index (χ3v) is 4.78. The highest BCUT2D eigenvalue weighted by Crippen LogP contribution is 2.29. The number of carbonyl (C=O) groups is 2. The van der Waals surface area contributed by atoms with Gasteiger partial charge in [0.1, 0.15) is 11.5 Å². The van der Waals surface area contributed by atoms with Gasteiger partial charge in [0.25, 0.3) is 5.91 Å². The molecule has 0 bridgehead atoms. The molecule has 2 aromatic carbocycles. The molecule has 1 heterocycles. The summed E-state index contributed by atoms with van der Waals surface area (Å²) >= 11 is 1.25. The Labute approximate surface area is 172 Å². The number of rotatable bonds is 7. The van der Waals surface area contributed by atoms with Gasteiger partial charge in [-0.25, -0.2) is 9.79 Å². The highest BCUT2D eigenvalue weighted by atomic mass is 32.2. The van der Waals surface area contributed by atoms with E-state index in [1.165, 1.54) is 18.7 Å². The van der Waals surface area contributed by atoms with Gasteiger partial charge in [-0.1, -0.05) is 12.1 Å². The van der Waals surface area contributed by atoms with Crippen molar-refractivity contribution in [3.63, 3.8) is 0 Å². The van der Waals surface area contributed by atoms with E-state index in [2.05, 4.69) is 10.3 Å². The number of hydrogen-bond acceptors (Lipinski definition) is 6. The quantitative estimate of drug-likeness (QED) is 0.671. The van der Waals surface area contributed by atoms with Crippen molar-refractivity contribution in [3.05, 3.63) is 59.0 Å². The molecule has 1 atom stereocenters. The molecule has 1 aliphatic rings. The van der Waals surface area contributed by atoms with Crippen LogP contribution in [0.4, 0.5) is 5.69 Å². The minimum atomic E-state index is -1.03. The van der Waals surface area contributed by atoms with Crippen molar-refractivity contribution >= 4 is 40.6 Å². The molecule has 1 unspecified atom stereocenters. The van der Waals surface area contributed by atoms with Gasteiger partial charge in [-0.05, 0) is 73.6 Å². The second-order valence-corrected chi connectivity index (χ2v) is 7.11. The molecule has 2 aromatic rings. The third kappa shape index (κ3) is 5.61. The first-order valence-corrected chi connectivity index (χ1v) is 9.78. The van der Waals surface area contributed by atoms with Crippen LogP contribution in [0.5, 0.6) is 11.5 Å². The van der Waals surface area contributed by atoms with Crippen LogP contribution >= 0.6 is 11.8 Å². The van der Waals surface area contributed by atoms with Gasteiger partial charge >= 0.3 is 5.97 Å². The number of carbonyl (C=O) groups excluding carboxylic acids is 1. The Bertz CT molecular complexity index is 952. The average Bonchev–Trinajstić information content (AvgIpc) is 3.04. The maximum Gasteiger partial charge on any atom is 0.344 e.